The van der Waals surface area contributed by atoms with E-state index in [9.17, 15) is 14.4 Å². The highest BCUT2D eigenvalue weighted by Crippen LogP contribution is 2.27. The second-order valence-electron chi connectivity index (χ2n) is 10.7. The summed E-state index contributed by atoms with van der Waals surface area (Å²) in [7, 11) is 0. The first-order valence-electron chi connectivity index (χ1n) is 13.6. The number of amides is 3. The summed E-state index contributed by atoms with van der Waals surface area (Å²) in [6.07, 6.45) is 6.21. The van der Waals surface area contributed by atoms with Gasteiger partial charge in [0.25, 0.3) is 0 Å². The Morgan fingerprint density at radius 1 is 0.972 bits per heavy atom. The number of nitrogens with one attached hydrogen (secondary N) is 2. The normalized spacial score (nSPS) is 13.0. The van der Waals surface area contributed by atoms with Crippen LogP contribution in [-0.4, -0.2) is 47.5 Å². The Morgan fingerprint density at radius 2 is 1.61 bits per heavy atom. The van der Waals surface area contributed by atoms with Crippen LogP contribution < -0.4 is 10.6 Å². The van der Waals surface area contributed by atoms with Gasteiger partial charge in [0.05, 0.1) is 0 Å². The molecule has 0 saturated carbocycles. The zero-order chi connectivity index (χ0) is 27.3. The molecule has 1 rings (SSSR count). The molecule has 0 aromatic heterocycles. The smallest absolute Gasteiger partial charge is 0.408 e. The molecular formula is C29H49N3O4. The molecule has 0 spiro atoms. The molecule has 0 bridgehead atoms. The Bertz CT molecular complexity index is 847. The number of alkyl carbamates (subject to hydrolysis) is 1. The fraction of sp³-hybridized carbons (Fsp3) is 0.690. The van der Waals surface area contributed by atoms with Crippen LogP contribution in [0.1, 0.15) is 109 Å². The van der Waals surface area contributed by atoms with Crippen LogP contribution in [0.15, 0.2) is 18.2 Å². The maximum absolute atomic E-state index is 13.8. The summed E-state index contributed by atoms with van der Waals surface area (Å²) in [5.41, 5.74) is 2.19. The summed E-state index contributed by atoms with van der Waals surface area (Å²) >= 11 is 0. The zero-order valence-corrected chi connectivity index (χ0v) is 23.8. The Kier molecular flexibility index (Phi) is 13.6. The zero-order valence-electron chi connectivity index (χ0n) is 23.8. The van der Waals surface area contributed by atoms with Gasteiger partial charge in [-0.15, -0.1) is 0 Å². The lowest BCUT2D eigenvalue weighted by atomic mass is 9.96. The number of carbonyl (C=O) groups excluding carboxylic acids is 3. The van der Waals surface area contributed by atoms with Crippen molar-refractivity contribution in [2.24, 2.45) is 0 Å². The monoisotopic (exact) mass is 503 g/mol. The second kappa shape index (κ2) is 15.5. The van der Waals surface area contributed by atoms with Crippen molar-refractivity contribution in [2.45, 2.75) is 118 Å². The van der Waals surface area contributed by atoms with E-state index >= 15 is 0 Å². The van der Waals surface area contributed by atoms with Gasteiger partial charge in [-0.25, -0.2) is 4.79 Å². The van der Waals surface area contributed by atoms with Crippen LogP contribution in [0.25, 0.3) is 0 Å². The molecular weight excluding hydrogens is 454 g/mol. The molecule has 0 aliphatic rings. The summed E-state index contributed by atoms with van der Waals surface area (Å²) < 4.78 is 5.35. The van der Waals surface area contributed by atoms with Gasteiger partial charge < -0.3 is 20.3 Å². The quantitative estimate of drug-likeness (QED) is 0.306. The van der Waals surface area contributed by atoms with Gasteiger partial charge in [-0.05, 0) is 65.5 Å². The van der Waals surface area contributed by atoms with Crippen molar-refractivity contribution in [1.82, 2.24) is 15.5 Å². The van der Waals surface area contributed by atoms with Crippen LogP contribution in [0.2, 0.25) is 0 Å². The summed E-state index contributed by atoms with van der Waals surface area (Å²) in [5, 5.41) is 5.72. The van der Waals surface area contributed by atoms with Crippen LogP contribution in [0, 0.1) is 13.8 Å². The highest BCUT2D eigenvalue weighted by atomic mass is 16.6. The van der Waals surface area contributed by atoms with E-state index in [0.29, 0.717) is 13.1 Å². The summed E-state index contributed by atoms with van der Waals surface area (Å²) in [6.45, 7) is 16.2. The molecule has 36 heavy (non-hydrogen) atoms. The number of aryl methyl sites for hydroxylation is 2. The Balaban J connectivity index is 3.31. The first-order chi connectivity index (χ1) is 16.9. The van der Waals surface area contributed by atoms with Crippen molar-refractivity contribution < 1.29 is 19.1 Å². The van der Waals surface area contributed by atoms with Gasteiger partial charge in [-0.3, -0.25) is 9.59 Å². The lowest BCUT2D eigenvalue weighted by Crippen LogP contribution is -2.52. The van der Waals surface area contributed by atoms with Crippen molar-refractivity contribution >= 4 is 17.9 Å². The number of rotatable bonds is 14. The third-order valence-electron chi connectivity index (χ3n) is 6.00. The molecule has 204 valence electrons. The van der Waals surface area contributed by atoms with Gasteiger partial charge in [0, 0.05) is 13.1 Å². The van der Waals surface area contributed by atoms with Gasteiger partial charge in [0.1, 0.15) is 17.7 Å². The first-order valence-corrected chi connectivity index (χ1v) is 13.6. The highest BCUT2D eigenvalue weighted by molar-refractivity contribution is 5.92. The fourth-order valence-electron chi connectivity index (χ4n) is 4.14. The number of benzene rings is 1. The van der Waals surface area contributed by atoms with Crippen LogP contribution in [0.5, 0.6) is 0 Å². The molecule has 7 heteroatoms. The molecule has 2 unspecified atom stereocenters. The number of hydrogen-bond acceptors (Lipinski definition) is 4. The highest BCUT2D eigenvalue weighted by Gasteiger charge is 2.35. The Morgan fingerprint density at radius 3 is 2.19 bits per heavy atom. The Hall–Kier alpha value is -2.57. The van der Waals surface area contributed by atoms with Gasteiger partial charge in [-0.2, -0.15) is 0 Å². The van der Waals surface area contributed by atoms with E-state index in [1.807, 2.05) is 32.0 Å². The molecule has 0 heterocycles. The minimum atomic E-state index is -0.841. The third-order valence-corrected chi connectivity index (χ3v) is 6.00. The average Bonchev–Trinajstić information content (AvgIpc) is 2.77. The van der Waals surface area contributed by atoms with E-state index in [1.54, 1.807) is 32.6 Å². The minimum Gasteiger partial charge on any atom is -0.444 e. The predicted molar refractivity (Wildman–Crippen MR) is 146 cm³/mol. The van der Waals surface area contributed by atoms with E-state index in [4.69, 9.17) is 4.74 Å². The van der Waals surface area contributed by atoms with Crippen molar-refractivity contribution in [1.29, 1.82) is 0 Å². The Labute approximate surface area is 218 Å². The lowest BCUT2D eigenvalue weighted by molar-refractivity contribution is -0.142. The SMILES string of the molecule is CCCCCCN(C(=O)C(C)NC(=O)OC(C)(C)C)C(C(=O)NCCCCC)c1ccc(C)cc1C. The predicted octanol–water partition coefficient (Wildman–Crippen LogP) is 5.97. The van der Waals surface area contributed by atoms with E-state index in [2.05, 4.69) is 24.5 Å². The topological polar surface area (TPSA) is 87.7 Å². The fourth-order valence-corrected chi connectivity index (χ4v) is 4.14. The van der Waals surface area contributed by atoms with Gasteiger partial charge in [-0.1, -0.05) is 69.7 Å². The van der Waals surface area contributed by atoms with E-state index in [1.165, 1.54) is 0 Å². The molecule has 2 atom stereocenters. The van der Waals surface area contributed by atoms with E-state index < -0.39 is 23.8 Å². The second-order valence-corrected chi connectivity index (χ2v) is 10.7. The van der Waals surface area contributed by atoms with E-state index in [-0.39, 0.29) is 11.8 Å². The number of carbonyl (C=O) groups is 3. The van der Waals surface area contributed by atoms with Crippen molar-refractivity contribution in [2.75, 3.05) is 13.1 Å². The summed E-state index contributed by atoms with van der Waals surface area (Å²) in [6, 6.07) is 4.34. The van der Waals surface area contributed by atoms with Crippen LogP contribution in [0.3, 0.4) is 0 Å². The molecule has 7 nitrogen and oxygen atoms in total. The van der Waals surface area contributed by atoms with Crippen LogP contribution in [0.4, 0.5) is 4.79 Å². The molecule has 1 aromatic carbocycles. The van der Waals surface area contributed by atoms with Crippen LogP contribution in [-0.2, 0) is 14.3 Å². The average molecular weight is 504 g/mol. The van der Waals surface area contributed by atoms with Crippen molar-refractivity contribution in [3.63, 3.8) is 0 Å². The van der Waals surface area contributed by atoms with Gasteiger partial charge in [0.15, 0.2) is 0 Å². The maximum atomic E-state index is 13.8. The number of hydrogen-bond donors (Lipinski definition) is 2. The summed E-state index contributed by atoms with van der Waals surface area (Å²) in [4.78, 5) is 41.4. The van der Waals surface area contributed by atoms with Gasteiger partial charge in [0.2, 0.25) is 11.8 Å². The maximum Gasteiger partial charge on any atom is 0.408 e. The molecule has 0 saturated heterocycles. The molecule has 0 fully saturated rings. The standard InChI is InChI=1S/C29H49N3O4/c1-9-11-13-15-19-32(27(34)23(5)31-28(35)36-29(6,7)8)25(26(33)30-18-14-12-10-2)24-17-16-21(3)20-22(24)4/h16-17,20,23,25H,9-15,18-19H2,1-8H3,(H,30,33)(H,31,35). The van der Waals surface area contributed by atoms with Crippen molar-refractivity contribution in [3.05, 3.63) is 34.9 Å². The molecule has 0 radical (unpaired) electrons. The van der Waals surface area contributed by atoms with E-state index in [0.717, 1.165) is 61.6 Å². The molecule has 1 aromatic rings. The number of ether oxygens (including phenoxy) is 1. The molecule has 0 aliphatic heterocycles. The lowest BCUT2D eigenvalue weighted by Gasteiger charge is -2.34. The first kappa shape index (κ1) is 31.5. The largest absolute Gasteiger partial charge is 0.444 e. The van der Waals surface area contributed by atoms with Gasteiger partial charge >= 0.3 is 6.09 Å². The minimum absolute atomic E-state index is 0.189. The third kappa shape index (κ3) is 11.0. The number of unbranched alkanes of at least 4 members (excludes halogenated alkanes) is 5. The van der Waals surface area contributed by atoms with Crippen LogP contribution >= 0.6 is 0 Å². The number of nitrogens with zero attached hydrogens (tertiary/aromatic N) is 1. The molecule has 2 N–H and O–H groups in total. The molecule has 0 aliphatic carbocycles. The summed E-state index contributed by atoms with van der Waals surface area (Å²) in [5.74, 6) is -0.489. The molecule has 3 amide bonds. The van der Waals surface area contributed by atoms with Crippen molar-refractivity contribution in [3.8, 4) is 0 Å².